The van der Waals surface area contributed by atoms with Crippen molar-refractivity contribution in [3.8, 4) is 0 Å². The first-order valence-electron chi connectivity index (χ1n) is 25.1. The Morgan fingerprint density at radius 1 is 0.333 bits per heavy atom. The van der Waals surface area contributed by atoms with Crippen LogP contribution in [0.15, 0.2) is 218 Å². The third-order valence-electron chi connectivity index (χ3n) is 12.6. The number of amides is 1. The van der Waals surface area contributed by atoms with Crippen LogP contribution in [0.25, 0.3) is 0 Å². The predicted octanol–water partition coefficient (Wildman–Crippen LogP) is 17.2. The van der Waals surface area contributed by atoms with Crippen molar-refractivity contribution in [3.63, 3.8) is 0 Å². The van der Waals surface area contributed by atoms with Gasteiger partial charge in [0, 0.05) is 34.1 Å². The standard InChI is InChI=1S/C33H24F4N2O.C26H24N2.C7HClF4O/c34-29-20-28(30(35)32(37)31(29)36)33(40)39-27-16-10-24(11-17-27)19-23-8-14-26(15-9-23)38-25-12-6-22(7-13-25)18-21-4-2-1-3-5-21;27-24-12-6-21(7-13-24)19-23-10-16-26(17-11-23)28-25-14-8-22(9-15-25)18-20-4-2-1-3-5-20;8-7(13)2-1-3(9)5(11)6(12)4(2)10/h1-17,20,38H,18-19H2,(H,39,40);1-17,28H,18-19,27H2;1H. The minimum atomic E-state index is -2.05. The summed E-state index contributed by atoms with van der Waals surface area (Å²) >= 11 is 4.77. The van der Waals surface area contributed by atoms with E-state index in [0.717, 1.165) is 58.8 Å². The van der Waals surface area contributed by atoms with Gasteiger partial charge in [-0.1, -0.05) is 133 Å². The molecule has 0 aliphatic rings. The van der Waals surface area contributed by atoms with Crippen molar-refractivity contribution in [2.75, 3.05) is 21.7 Å². The van der Waals surface area contributed by atoms with E-state index < -0.39 is 68.8 Å². The van der Waals surface area contributed by atoms with Gasteiger partial charge in [0.25, 0.3) is 11.1 Å². The van der Waals surface area contributed by atoms with Crippen molar-refractivity contribution in [1.82, 2.24) is 0 Å². The molecule has 10 aromatic rings. The first kappa shape index (κ1) is 57.6. The second kappa shape index (κ2) is 27.4. The largest absolute Gasteiger partial charge is 0.399 e. The molecule has 408 valence electrons. The summed E-state index contributed by atoms with van der Waals surface area (Å²) in [4.78, 5) is 22.6. The first-order chi connectivity index (χ1) is 39.0. The summed E-state index contributed by atoms with van der Waals surface area (Å²) < 4.78 is 104. The van der Waals surface area contributed by atoms with Crippen LogP contribution in [-0.4, -0.2) is 11.1 Å². The molecule has 81 heavy (non-hydrogen) atoms. The minimum absolute atomic E-state index is 0.197. The smallest absolute Gasteiger partial charge is 0.258 e. The van der Waals surface area contributed by atoms with Crippen LogP contribution in [0.1, 0.15) is 65.2 Å². The summed E-state index contributed by atoms with van der Waals surface area (Å²) in [6, 6.07) is 69.8. The van der Waals surface area contributed by atoms with Crippen LogP contribution >= 0.6 is 11.6 Å². The van der Waals surface area contributed by atoms with Gasteiger partial charge in [-0.25, -0.2) is 35.1 Å². The normalized spacial score (nSPS) is 10.6. The molecule has 0 radical (unpaired) electrons. The Balaban J connectivity index is 0.000000181. The summed E-state index contributed by atoms with van der Waals surface area (Å²) in [7, 11) is 0. The molecule has 10 rings (SSSR count). The van der Waals surface area contributed by atoms with Crippen molar-refractivity contribution in [3.05, 3.63) is 321 Å². The van der Waals surface area contributed by atoms with Crippen molar-refractivity contribution in [2.24, 2.45) is 0 Å². The van der Waals surface area contributed by atoms with Gasteiger partial charge in [-0.2, -0.15) is 0 Å². The summed E-state index contributed by atoms with van der Waals surface area (Å²) in [5, 5.41) is 7.86. The quantitative estimate of drug-likeness (QED) is 0.0270. The first-order valence-corrected chi connectivity index (χ1v) is 25.5. The zero-order chi connectivity index (χ0) is 57.4. The Kier molecular flexibility index (Phi) is 19.5. The zero-order valence-corrected chi connectivity index (χ0v) is 43.7. The van der Waals surface area contributed by atoms with E-state index in [2.05, 4.69) is 143 Å². The van der Waals surface area contributed by atoms with Gasteiger partial charge < -0.3 is 21.7 Å². The van der Waals surface area contributed by atoms with Gasteiger partial charge in [-0.15, -0.1) is 0 Å². The number of carbonyl (C=O) groups excluding carboxylic acids is 2. The summed E-state index contributed by atoms with van der Waals surface area (Å²) in [5.74, 6) is -15.9. The maximum atomic E-state index is 13.9. The number of nitrogens with one attached hydrogen (secondary N) is 3. The molecule has 0 heterocycles. The Morgan fingerprint density at radius 2 is 0.605 bits per heavy atom. The third kappa shape index (κ3) is 16.3. The average molecular weight is 1120 g/mol. The number of carbonyl (C=O) groups is 2. The molecule has 0 saturated heterocycles. The van der Waals surface area contributed by atoms with E-state index in [9.17, 15) is 44.7 Å². The number of rotatable bonds is 15. The fourth-order valence-electron chi connectivity index (χ4n) is 8.29. The van der Waals surface area contributed by atoms with Gasteiger partial charge in [0.05, 0.1) is 11.1 Å². The number of hydrogen-bond acceptors (Lipinski definition) is 5. The third-order valence-corrected chi connectivity index (χ3v) is 12.8. The van der Waals surface area contributed by atoms with E-state index in [1.807, 2.05) is 54.6 Å². The highest BCUT2D eigenvalue weighted by atomic mass is 35.5. The molecule has 0 fully saturated rings. The number of nitrogen functional groups attached to an aromatic ring is 1. The van der Waals surface area contributed by atoms with E-state index in [0.29, 0.717) is 18.2 Å². The van der Waals surface area contributed by atoms with E-state index in [1.165, 1.54) is 33.4 Å². The minimum Gasteiger partial charge on any atom is -0.399 e. The highest BCUT2D eigenvalue weighted by molar-refractivity contribution is 6.67. The van der Waals surface area contributed by atoms with Crippen molar-refractivity contribution in [1.29, 1.82) is 0 Å². The maximum absolute atomic E-state index is 13.9. The molecule has 0 atom stereocenters. The molecule has 1 amide bonds. The summed E-state index contributed by atoms with van der Waals surface area (Å²) in [5.41, 5.74) is 18.8. The lowest BCUT2D eigenvalue weighted by molar-refractivity contribution is 0.102. The lowest BCUT2D eigenvalue weighted by Gasteiger charge is -2.10. The summed E-state index contributed by atoms with van der Waals surface area (Å²) in [6.45, 7) is 0. The van der Waals surface area contributed by atoms with Gasteiger partial charge in [0.2, 0.25) is 0 Å². The van der Waals surface area contributed by atoms with Crippen LogP contribution in [-0.2, 0) is 25.7 Å². The molecular formula is C66H49ClF8N4O2. The van der Waals surface area contributed by atoms with Gasteiger partial charge >= 0.3 is 0 Å². The second-order valence-corrected chi connectivity index (χ2v) is 18.9. The number of halogens is 9. The lowest BCUT2D eigenvalue weighted by Crippen LogP contribution is -2.16. The number of benzene rings is 10. The Labute approximate surface area is 467 Å². The molecule has 0 spiro atoms. The Morgan fingerprint density at radius 3 is 0.926 bits per heavy atom. The molecule has 0 bridgehead atoms. The number of nitrogens with two attached hydrogens (primary N) is 1. The van der Waals surface area contributed by atoms with Gasteiger partial charge in [-0.3, -0.25) is 9.59 Å². The predicted molar refractivity (Wildman–Crippen MR) is 304 cm³/mol. The van der Waals surface area contributed by atoms with Gasteiger partial charge in [0.15, 0.2) is 46.5 Å². The van der Waals surface area contributed by atoms with E-state index in [4.69, 9.17) is 17.3 Å². The molecule has 5 N–H and O–H groups in total. The molecule has 15 heteroatoms. The average Bonchev–Trinajstić information content (AvgIpc) is 3.48. The number of anilines is 6. The molecule has 0 aromatic heterocycles. The van der Waals surface area contributed by atoms with Crippen LogP contribution in [0.5, 0.6) is 0 Å². The fraction of sp³-hybridized carbons (Fsp3) is 0.0606. The molecule has 6 nitrogen and oxygen atoms in total. The molecule has 10 aromatic carbocycles. The van der Waals surface area contributed by atoms with Gasteiger partial charge in [0.1, 0.15) is 0 Å². The van der Waals surface area contributed by atoms with E-state index in [-0.39, 0.29) is 6.07 Å². The monoisotopic (exact) mass is 1120 g/mol. The maximum Gasteiger partial charge on any atom is 0.258 e. The number of hydrogen-bond donors (Lipinski definition) is 4. The Bertz CT molecular complexity index is 3730. The Hall–Kier alpha value is -9.53. The molecule has 0 aliphatic heterocycles. The van der Waals surface area contributed by atoms with Crippen LogP contribution in [0.3, 0.4) is 0 Å². The molecule has 0 unspecified atom stereocenters. The second-order valence-electron chi connectivity index (χ2n) is 18.6. The zero-order valence-electron chi connectivity index (χ0n) is 42.9. The molecule has 0 saturated carbocycles. The van der Waals surface area contributed by atoms with Crippen molar-refractivity contribution in [2.45, 2.75) is 25.7 Å². The van der Waals surface area contributed by atoms with Gasteiger partial charge in [-0.05, 0) is 167 Å². The topological polar surface area (TPSA) is 96.2 Å². The lowest BCUT2D eigenvalue weighted by atomic mass is 10.0. The van der Waals surface area contributed by atoms with Crippen molar-refractivity contribution >= 4 is 56.9 Å². The van der Waals surface area contributed by atoms with Crippen LogP contribution in [0, 0.1) is 46.5 Å². The van der Waals surface area contributed by atoms with Crippen molar-refractivity contribution < 1.29 is 44.7 Å². The van der Waals surface area contributed by atoms with Crippen LogP contribution < -0.4 is 21.7 Å². The fourth-order valence-corrected chi connectivity index (χ4v) is 8.42. The highest BCUT2D eigenvalue weighted by Gasteiger charge is 2.24. The molecule has 0 aliphatic carbocycles. The summed E-state index contributed by atoms with van der Waals surface area (Å²) in [6.07, 6.45) is 3.39. The van der Waals surface area contributed by atoms with Crippen LogP contribution in [0.2, 0.25) is 0 Å². The SMILES string of the molecule is Nc1ccc(Cc2ccc(Nc3ccc(Cc4ccccc4)cc3)cc2)cc1.O=C(Cl)c1cc(F)c(F)c(F)c1F.O=C(Nc1ccc(Cc2ccc(Nc3ccc(Cc4ccccc4)cc3)cc2)cc1)c1cc(F)c(F)c(F)c1F. The molecular weight excluding hydrogens is 1070 g/mol. The van der Waals surface area contributed by atoms with E-state index in [1.54, 1.807) is 24.3 Å². The highest BCUT2D eigenvalue weighted by Crippen LogP contribution is 2.25. The van der Waals surface area contributed by atoms with E-state index >= 15 is 0 Å². The van der Waals surface area contributed by atoms with Crippen LogP contribution in [0.4, 0.5) is 69.2 Å².